The number of nitrogens with zero attached hydrogens (tertiary/aromatic N) is 1. The Morgan fingerprint density at radius 3 is 2.67 bits per heavy atom. The second kappa shape index (κ2) is 8.74. The molecule has 0 aromatic rings. The molecule has 4 heteroatoms. The lowest BCUT2D eigenvalue weighted by molar-refractivity contribution is -0.120. The van der Waals surface area contributed by atoms with Crippen LogP contribution in [0.3, 0.4) is 0 Å². The standard InChI is InChI=1S/C17H23N3O/c1-5-13(11-12-18-8-4)19-15(6-2)14-9-10-17(21)20-16(14)7-3/h5-8,11-12,19H,2,9-10H2,1,3-4H3,(H,20,21)/b12-11-,13-5+,15-14+,16-7+,18-8-. The lowest BCUT2D eigenvalue weighted by Gasteiger charge is -2.22. The molecule has 1 saturated heterocycles. The van der Waals surface area contributed by atoms with Crippen molar-refractivity contribution in [3.63, 3.8) is 0 Å². The minimum atomic E-state index is 0.0544. The van der Waals surface area contributed by atoms with Gasteiger partial charge in [-0.2, -0.15) is 0 Å². The van der Waals surface area contributed by atoms with Crippen LogP contribution >= 0.6 is 0 Å². The fraction of sp³-hybridized carbons (Fsp3) is 0.294. The van der Waals surface area contributed by atoms with Gasteiger partial charge in [0, 0.05) is 35.9 Å². The van der Waals surface area contributed by atoms with E-state index < -0.39 is 0 Å². The molecular weight excluding hydrogens is 262 g/mol. The molecule has 1 aliphatic heterocycles. The van der Waals surface area contributed by atoms with E-state index in [-0.39, 0.29) is 5.91 Å². The van der Waals surface area contributed by atoms with E-state index in [1.165, 1.54) is 0 Å². The molecular formula is C17H23N3O. The van der Waals surface area contributed by atoms with E-state index in [1.807, 2.05) is 39.0 Å². The van der Waals surface area contributed by atoms with Gasteiger partial charge in [0.1, 0.15) is 0 Å². The van der Waals surface area contributed by atoms with Crippen molar-refractivity contribution >= 4 is 12.1 Å². The van der Waals surface area contributed by atoms with Crippen LogP contribution in [0.25, 0.3) is 0 Å². The lowest BCUT2D eigenvalue weighted by Crippen LogP contribution is -2.30. The summed E-state index contributed by atoms with van der Waals surface area (Å²) in [5.41, 5.74) is 3.75. The lowest BCUT2D eigenvalue weighted by atomic mass is 9.99. The van der Waals surface area contributed by atoms with E-state index in [0.717, 1.165) is 22.7 Å². The fourth-order valence-electron chi connectivity index (χ4n) is 2.01. The summed E-state index contributed by atoms with van der Waals surface area (Å²) >= 11 is 0. The molecule has 2 N–H and O–H groups in total. The molecule has 1 fully saturated rings. The highest BCUT2D eigenvalue weighted by molar-refractivity contribution is 5.81. The number of rotatable bonds is 5. The van der Waals surface area contributed by atoms with Gasteiger partial charge in [-0.25, -0.2) is 0 Å². The van der Waals surface area contributed by atoms with Crippen molar-refractivity contribution in [1.29, 1.82) is 0 Å². The summed E-state index contributed by atoms with van der Waals surface area (Å²) in [7, 11) is 0. The molecule has 1 heterocycles. The summed E-state index contributed by atoms with van der Waals surface area (Å²) in [6, 6.07) is 0. The molecule has 1 amide bonds. The zero-order chi connectivity index (χ0) is 15.7. The van der Waals surface area contributed by atoms with Gasteiger partial charge in [0.15, 0.2) is 0 Å². The summed E-state index contributed by atoms with van der Waals surface area (Å²) in [4.78, 5) is 15.5. The smallest absolute Gasteiger partial charge is 0.224 e. The van der Waals surface area contributed by atoms with E-state index in [9.17, 15) is 4.79 Å². The normalized spacial score (nSPS) is 21.0. The zero-order valence-electron chi connectivity index (χ0n) is 12.9. The molecule has 0 aromatic carbocycles. The molecule has 1 rings (SSSR count). The number of aliphatic imine (C=N–C) groups is 1. The Kier molecular flexibility index (Phi) is 6.95. The molecule has 0 aromatic heterocycles. The Bertz CT molecular complexity index is 548. The molecule has 0 unspecified atom stereocenters. The first-order valence-electron chi connectivity index (χ1n) is 7.06. The fourth-order valence-corrected chi connectivity index (χ4v) is 2.01. The van der Waals surface area contributed by atoms with Gasteiger partial charge in [-0.3, -0.25) is 9.79 Å². The number of carbonyl (C=O) groups excluding carboxylic acids is 1. The van der Waals surface area contributed by atoms with Gasteiger partial charge >= 0.3 is 0 Å². The van der Waals surface area contributed by atoms with Gasteiger partial charge in [-0.1, -0.05) is 18.7 Å². The first-order valence-corrected chi connectivity index (χ1v) is 7.06. The number of hydrogen-bond acceptors (Lipinski definition) is 3. The maximum atomic E-state index is 11.5. The van der Waals surface area contributed by atoms with Crippen LogP contribution in [-0.4, -0.2) is 12.1 Å². The van der Waals surface area contributed by atoms with Gasteiger partial charge in [-0.05, 0) is 44.9 Å². The molecule has 0 radical (unpaired) electrons. The topological polar surface area (TPSA) is 53.5 Å². The Labute approximate surface area is 126 Å². The van der Waals surface area contributed by atoms with Gasteiger partial charge < -0.3 is 10.6 Å². The Balaban J connectivity index is 3.02. The molecule has 0 spiro atoms. The molecule has 0 aliphatic carbocycles. The minimum absolute atomic E-state index is 0.0544. The monoisotopic (exact) mass is 285 g/mol. The number of nitrogens with one attached hydrogen (secondary N) is 2. The van der Waals surface area contributed by atoms with Crippen LogP contribution < -0.4 is 10.6 Å². The third-order valence-corrected chi connectivity index (χ3v) is 3.10. The van der Waals surface area contributed by atoms with Crippen LogP contribution in [0.15, 0.2) is 64.7 Å². The van der Waals surface area contributed by atoms with Crippen molar-refractivity contribution in [2.75, 3.05) is 0 Å². The van der Waals surface area contributed by atoms with E-state index in [2.05, 4.69) is 22.2 Å². The summed E-state index contributed by atoms with van der Waals surface area (Å²) in [5.74, 6) is 0.0544. The highest BCUT2D eigenvalue weighted by atomic mass is 16.1. The van der Waals surface area contributed by atoms with Crippen LogP contribution in [-0.2, 0) is 4.79 Å². The number of hydrogen-bond donors (Lipinski definition) is 2. The zero-order valence-corrected chi connectivity index (χ0v) is 12.9. The summed E-state index contributed by atoms with van der Waals surface area (Å²) < 4.78 is 0. The highest BCUT2D eigenvalue weighted by Gasteiger charge is 2.19. The first-order chi connectivity index (χ1) is 10.2. The predicted octanol–water partition coefficient (Wildman–Crippen LogP) is 3.34. The summed E-state index contributed by atoms with van der Waals surface area (Å²) in [5, 5.41) is 6.22. The first kappa shape index (κ1) is 16.7. The number of amides is 1. The SMILES string of the molecule is C=C/C(NC(/C=C\N=C/C)=C/C)=C1/CCC(=O)N/C1=C/C. The number of allylic oxidation sites excluding steroid dienone is 5. The molecule has 0 atom stereocenters. The van der Waals surface area contributed by atoms with Crippen LogP contribution in [0.2, 0.25) is 0 Å². The molecule has 0 saturated carbocycles. The third kappa shape index (κ3) is 4.91. The number of piperidine rings is 1. The van der Waals surface area contributed by atoms with Gasteiger partial charge in [0.05, 0.1) is 0 Å². The van der Waals surface area contributed by atoms with E-state index >= 15 is 0 Å². The Morgan fingerprint density at radius 2 is 2.10 bits per heavy atom. The summed E-state index contributed by atoms with van der Waals surface area (Å²) in [6.07, 6.45) is 12.2. The second-order valence-corrected chi connectivity index (χ2v) is 4.44. The number of carbonyl (C=O) groups is 1. The van der Waals surface area contributed by atoms with Crippen LogP contribution in [0, 0.1) is 0 Å². The van der Waals surface area contributed by atoms with Crippen LogP contribution in [0.4, 0.5) is 0 Å². The average Bonchev–Trinajstić information content (AvgIpc) is 2.51. The Morgan fingerprint density at radius 1 is 1.33 bits per heavy atom. The van der Waals surface area contributed by atoms with Crippen molar-refractivity contribution in [2.45, 2.75) is 33.6 Å². The van der Waals surface area contributed by atoms with Crippen molar-refractivity contribution in [1.82, 2.24) is 10.6 Å². The maximum Gasteiger partial charge on any atom is 0.224 e. The van der Waals surface area contributed by atoms with Crippen LogP contribution in [0.1, 0.15) is 33.6 Å². The largest absolute Gasteiger partial charge is 0.355 e. The van der Waals surface area contributed by atoms with Crippen molar-refractivity contribution in [3.8, 4) is 0 Å². The maximum absolute atomic E-state index is 11.5. The van der Waals surface area contributed by atoms with Gasteiger partial charge in [0.2, 0.25) is 5.91 Å². The van der Waals surface area contributed by atoms with Gasteiger partial charge in [0.25, 0.3) is 0 Å². The third-order valence-electron chi connectivity index (χ3n) is 3.10. The highest BCUT2D eigenvalue weighted by Crippen LogP contribution is 2.23. The molecule has 21 heavy (non-hydrogen) atoms. The Hall–Kier alpha value is -2.36. The van der Waals surface area contributed by atoms with Crippen LogP contribution in [0.5, 0.6) is 0 Å². The van der Waals surface area contributed by atoms with E-state index in [0.29, 0.717) is 12.8 Å². The predicted molar refractivity (Wildman–Crippen MR) is 88.6 cm³/mol. The molecule has 1 aliphatic rings. The van der Waals surface area contributed by atoms with E-state index in [1.54, 1.807) is 18.5 Å². The molecule has 112 valence electrons. The van der Waals surface area contributed by atoms with Gasteiger partial charge in [-0.15, -0.1) is 0 Å². The van der Waals surface area contributed by atoms with Crippen molar-refractivity contribution < 1.29 is 4.79 Å². The quantitative estimate of drug-likeness (QED) is 0.601. The molecule has 4 nitrogen and oxygen atoms in total. The van der Waals surface area contributed by atoms with E-state index in [4.69, 9.17) is 0 Å². The summed E-state index contributed by atoms with van der Waals surface area (Å²) in [6.45, 7) is 9.60. The second-order valence-electron chi connectivity index (χ2n) is 4.44. The average molecular weight is 285 g/mol. The molecule has 0 bridgehead atoms. The minimum Gasteiger partial charge on any atom is -0.355 e. The van der Waals surface area contributed by atoms with Crippen molar-refractivity contribution in [3.05, 3.63) is 59.7 Å². The van der Waals surface area contributed by atoms with Crippen molar-refractivity contribution in [2.24, 2.45) is 4.99 Å².